The van der Waals surface area contributed by atoms with E-state index >= 15 is 0 Å². The maximum absolute atomic E-state index is 13.5. The molecule has 5 fully saturated rings. The standard InChI is InChI=1S/C22H27FN4O/c23-17-1-2-20-19(10-17)24-25-27(20)18-3-5-26(6-4-18)21(28)22-11-14-7-15(12-22)9-16(8-14)13-22/h1-2,10,14-16,18H,3-9,11-13H2. The van der Waals surface area contributed by atoms with E-state index in [4.69, 9.17) is 0 Å². The van der Waals surface area contributed by atoms with Crippen LogP contribution in [0.2, 0.25) is 0 Å². The Morgan fingerprint density at radius 2 is 1.68 bits per heavy atom. The predicted octanol–water partition coefficient (Wildman–Crippen LogP) is 3.95. The summed E-state index contributed by atoms with van der Waals surface area (Å²) in [4.78, 5) is 15.7. The van der Waals surface area contributed by atoms with E-state index in [-0.39, 0.29) is 17.3 Å². The second kappa shape index (κ2) is 6.01. The largest absolute Gasteiger partial charge is 0.342 e. The number of carbonyl (C=O) groups is 1. The normalized spacial score (nSPS) is 35.0. The topological polar surface area (TPSA) is 51.0 Å². The number of fused-ring (bicyclic) bond motifs is 1. The molecule has 148 valence electrons. The van der Waals surface area contributed by atoms with Gasteiger partial charge in [0.05, 0.1) is 17.0 Å². The van der Waals surface area contributed by atoms with E-state index in [0.29, 0.717) is 11.4 Å². The third kappa shape index (κ3) is 2.52. The zero-order valence-corrected chi connectivity index (χ0v) is 16.2. The lowest BCUT2D eigenvalue weighted by Crippen LogP contribution is -2.55. The fraction of sp³-hybridized carbons (Fsp3) is 0.682. The first kappa shape index (κ1) is 16.9. The van der Waals surface area contributed by atoms with Crippen LogP contribution >= 0.6 is 0 Å². The van der Waals surface area contributed by atoms with E-state index < -0.39 is 0 Å². The third-order valence-electron chi connectivity index (χ3n) is 8.02. The molecule has 1 amide bonds. The van der Waals surface area contributed by atoms with E-state index in [1.807, 2.05) is 4.68 Å². The lowest BCUT2D eigenvalue weighted by atomic mass is 9.49. The molecule has 7 rings (SSSR count). The highest BCUT2D eigenvalue weighted by Gasteiger charge is 2.55. The molecule has 0 spiro atoms. The first-order valence-corrected chi connectivity index (χ1v) is 10.9. The quantitative estimate of drug-likeness (QED) is 0.790. The summed E-state index contributed by atoms with van der Waals surface area (Å²) in [5.74, 6) is 2.56. The molecule has 5 aliphatic rings. The Hall–Kier alpha value is -1.98. The number of halogens is 1. The second-order valence-corrected chi connectivity index (χ2v) is 9.89. The number of amides is 1. The van der Waals surface area contributed by atoms with Crippen molar-refractivity contribution in [3.8, 4) is 0 Å². The van der Waals surface area contributed by atoms with E-state index in [1.54, 1.807) is 6.07 Å². The van der Waals surface area contributed by atoms with Crippen LogP contribution in [0.15, 0.2) is 18.2 Å². The molecule has 4 saturated carbocycles. The molecule has 0 atom stereocenters. The average molecular weight is 382 g/mol. The summed E-state index contributed by atoms with van der Waals surface area (Å²) in [5, 5.41) is 8.41. The van der Waals surface area contributed by atoms with Crippen molar-refractivity contribution in [1.29, 1.82) is 0 Å². The van der Waals surface area contributed by atoms with E-state index in [2.05, 4.69) is 15.2 Å². The lowest BCUT2D eigenvalue weighted by molar-refractivity contribution is -0.159. The van der Waals surface area contributed by atoms with Crippen LogP contribution < -0.4 is 0 Å². The molecular weight excluding hydrogens is 355 g/mol. The average Bonchev–Trinajstić information content (AvgIpc) is 3.09. The highest BCUT2D eigenvalue weighted by Crippen LogP contribution is 2.60. The number of carbonyl (C=O) groups excluding carboxylic acids is 1. The Morgan fingerprint density at radius 1 is 1.04 bits per heavy atom. The number of hydrogen-bond donors (Lipinski definition) is 0. The van der Waals surface area contributed by atoms with Crippen LogP contribution in [0, 0.1) is 29.0 Å². The second-order valence-electron chi connectivity index (χ2n) is 9.89. The summed E-state index contributed by atoms with van der Waals surface area (Å²) in [6.45, 7) is 1.60. The molecule has 1 aromatic heterocycles. The van der Waals surface area contributed by atoms with Crippen molar-refractivity contribution in [1.82, 2.24) is 19.9 Å². The van der Waals surface area contributed by atoms with Gasteiger partial charge in [0.15, 0.2) is 0 Å². The summed E-state index contributed by atoms with van der Waals surface area (Å²) in [5.41, 5.74) is 1.44. The maximum Gasteiger partial charge on any atom is 0.228 e. The van der Waals surface area contributed by atoms with E-state index in [9.17, 15) is 9.18 Å². The molecule has 2 aromatic rings. The van der Waals surface area contributed by atoms with E-state index in [0.717, 1.165) is 68.5 Å². The van der Waals surface area contributed by atoms with Crippen LogP contribution in [-0.4, -0.2) is 38.9 Å². The molecule has 1 aromatic carbocycles. The molecule has 4 aliphatic carbocycles. The molecule has 1 saturated heterocycles. The summed E-state index contributed by atoms with van der Waals surface area (Å²) in [6.07, 6.45) is 9.31. The molecule has 4 bridgehead atoms. The fourth-order valence-corrected chi connectivity index (χ4v) is 7.21. The highest BCUT2D eigenvalue weighted by molar-refractivity contribution is 5.83. The lowest BCUT2D eigenvalue weighted by Gasteiger charge is -2.57. The number of likely N-dealkylation sites (tertiary alicyclic amines) is 1. The number of benzene rings is 1. The molecule has 1 aliphatic heterocycles. The van der Waals surface area contributed by atoms with Gasteiger partial charge in [-0.25, -0.2) is 9.07 Å². The molecule has 6 heteroatoms. The van der Waals surface area contributed by atoms with Crippen molar-refractivity contribution in [2.45, 2.75) is 57.4 Å². The van der Waals surface area contributed by atoms with Gasteiger partial charge in [0, 0.05) is 19.2 Å². The Labute approximate surface area is 164 Å². The predicted molar refractivity (Wildman–Crippen MR) is 103 cm³/mol. The van der Waals surface area contributed by atoms with Crippen molar-refractivity contribution >= 4 is 16.9 Å². The van der Waals surface area contributed by atoms with Gasteiger partial charge in [-0.3, -0.25) is 4.79 Å². The minimum Gasteiger partial charge on any atom is -0.342 e. The van der Waals surface area contributed by atoms with Crippen molar-refractivity contribution in [2.75, 3.05) is 13.1 Å². The Balaban J connectivity index is 1.18. The van der Waals surface area contributed by atoms with Crippen LogP contribution in [0.25, 0.3) is 11.0 Å². The van der Waals surface area contributed by atoms with Gasteiger partial charge in [0.25, 0.3) is 0 Å². The van der Waals surface area contributed by atoms with Crippen LogP contribution in [0.3, 0.4) is 0 Å². The maximum atomic E-state index is 13.5. The summed E-state index contributed by atoms with van der Waals surface area (Å²) in [7, 11) is 0. The number of nitrogens with zero attached hydrogens (tertiary/aromatic N) is 4. The van der Waals surface area contributed by atoms with Crippen LogP contribution in [0.4, 0.5) is 4.39 Å². The molecule has 0 N–H and O–H groups in total. The molecule has 5 nitrogen and oxygen atoms in total. The van der Waals surface area contributed by atoms with E-state index in [1.165, 1.54) is 31.4 Å². The van der Waals surface area contributed by atoms with Crippen LogP contribution in [0.5, 0.6) is 0 Å². The number of rotatable bonds is 2. The van der Waals surface area contributed by atoms with Gasteiger partial charge in [-0.1, -0.05) is 5.21 Å². The number of hydrogen-bond acceptors (Lipinski definition) is 3. The van der Waals surface area contributed by atoms with Crippen molar-refractivity contribution in [3.63, 3.8) is 0 Å². The SMILES string of the molecule is O=C(N1CCC(n2nnc3cc(F)ccc32)CC1)C12CC3CC(CC(C3)C1)C2. The van der Waals surface area contributed by atoms with Gasteiger partial charge >= 0.3 is 0 Å². The van der Waals surface area contributed by atoms with Gasteiger partial charge in [-0.05, 0) is 81.3 Å². The van der Waals surface area contributed by atoms with Crippen molar-refractivity contribution in [3.05, 3.63) is 24.0 Å². The summed E-state index contributed by atoms with van der Waals surface area (Å²) >= 11 is 0. The minimum atomic E-state index is -0.282. The molecule has 2 heterocycles. The van der Waals surface area contributed by atoms with Crippen LogP contribution in [-0.2, 0) is 4.79 Å². The highest BCUT2D eigenvalue weighted by atomic mass is 19.1. The Kier molecular flexibility index (Phi) is 3.63. The summed E-state index contributed by atoms with van der Waals surface area (Å²) < 4.78 is 15.3. The van der Waals surface area contributed by atoms with Gasteiger partial charge in [-0.2, -0.15) is 0 Å². The first-order valence-electron chi connectivity index (χ1n) is 10.9. The molecular formula is C22H27FN4O. The number of piperidine rings is 1. The monoisotopic (exact) mass is 382 g/mol. The minimum absolute atomic E-state index is 0.0426. The first-order chi connectivity index (χ1) is 13.6. The Bertz CT molecular complexity index is 894. The van der Waals surface area contributed by atoms with Gasteiger partial charge in [0.1, 0.15) is 11.3 Å². The molecule has 0 unspecified atom stereocenters. The van der Waals surface area contributed by atoms with Crippen molar-refractivity contribution in [2.24, 2.45) is 23.2 Å². The molecule has 28 heavy (non-hydrogen) atoms. The van der Waals surface area contributed by atoms with Crippen molar-refractivity contribution < 1.29 is 9.18 Å². The van der Waals surface area contributed by atoms with Gasteiger partial charge < -0.3 is 4.90 Å². The number of aromatic nitrogens is 3. The third-order valence-corrected chi connectivity index (χ3v) is 8.02. The Morgan fingerprint density at radius 3 is 2.32 bits per heavy atom. The molecule has 0 radical (unpaired) electrons. The zero-order valence-electron chi connectivity index (χ0n) is 16.2. The van der Waals surface area contributed by atoms with Crippen LogP contribution in [0.1, 0.15) is 57.4 Å². The smallest absolute Gasteiger partial charge is 0.228 e. The summed E-state index contributed by atoms with van der Waals surface area (Å²) in [6, 6.07) is 4.90. The van der Waals surface area contributed by atoms with Gasteiger partial charge in [-0.15, -0.1) is 5.10 Å². The fourth-order valence-electron chi connectivity index (χ4n) is 7.21. The van der Waals surface area contributed by atoms with Gasteiger partial charge in [0.2, 0.25) is 5.91 Å². The zero-order chi connectivity index (χ0) is 18.9.